The molecule has 0 radical (unpaired) electrons. The largest absolute Gasteiger partial charge is 0.487 e. The van der Waals surface area contributed by atoms with Crippen LogP contribution in [0.4, 0.5) is 0 Å². The molecule has 1 atom stereocenters. The molecule has 1 fully saturated rings. The maximum Gasteiger partial charge on any atom is 0.162 e. The molecule has 1 unspecified atom stereocenters. The minimum atomic E-state index is 0.574. The monoisotopic (exact) mass is 130 g/mol. The summed E-state index contributed by atoms with van der Waals surface area (Å²) in [5.74, 6) is 0.574. The molecule has 0 aromatic rings. The summed E-state index contributed by atoms with van der Waals surface area (Å²) in [4.78, 5) is 0. The molecule has 1 heterocycles. The molecule has 0 bridgehead atoms. The average Bonchev–Trinajstić information content (AvgIpc) is 2.14. The number of hydrogen-bond donors (Lipinski definition) is 0. The highest BCUT2D eigenvalue weighted by atomic mass is 32.1. The van der Waals surface area contributed by atoms with Crippen LogP contribution >= 0.6 is 12.2 Å². The van der Waals surface area contributed by atoms with Gasteiger partial charge in [0, 0.05) is 5.92 Å². The third-order valence-electron chi connectivity index (χ3n) is 1.54. The van der Waals surface area contributed by atoms with Crippen molar-refractivity contribution in [2.24, 2.45) is 5.92 Å². The van der Waals surface area contributed by atoms with E-state index < -0.39 is 0 Å². The van der Waals surface area contributed by atoms with E-state index in [0.29, 0.717) is 5.92 Å². The van der Waals surface area contributed by atoms with Crippen LogP contribution in [0.1, 0.15) is 19.8 Å². The molecule has 0 saturated carbocycles. The van der Waals surface area contributed by atoms with Gasteiger partial charge in [-0.15, -0.1) is 0 Å². The van der Waals surface area contributed by atoms with Gasteiger partial charge in [-0.1, -0.05) is 6.92 Å². The van der Waals surface area contributed by atoms with Crippen LogP contribution in [0.5, 0.6) is 0 Å². The summed E-state index contributed by atoms with van der Waals surface area (Å²) in [6.45, 7) is 2.99. The Morgan fingerprint density at radius 3 is 2.88 bits per heavy atom. The van der Waals surface area contributed by atoms with E-state index in [9.17, 15) is 0 Å². The maximum atomic E-state index is 5.09. The summed E-state index contributed by atoms with van der Waals surface area (Å²) >= 11 is 4.92. The molecule has 1 aliphatic rings. The predicted molar refractivity (Wildman–Crippen MR) is 36.9 cm³/mol. The van der Waals surface area contributed by atoms with Crippen LogP contribution in [0.25, 0.3) is 0 Å². The lowest BCUT2D eigenvalue weighted by atomic mass is 10.1. The van der Waals surface area contributed by atoms with Crippen molar-refractivity contribution in [2.75, 3.05) is 6.61 Å². The Bertz CT molecular complexity index is 101. The summed E-state index contributed by atoms with van der Waals surface area (Å²) in [5, 5.41) is 0.826. The van der Waals surface area contributed by atoms with Gasteiger partial charge < -0.3 is 4.74 Å². The van der Waals surface area contributed by atoms with E-state index in [1.165, 1.54) is 0 Å². The lowest BCUT2D eigenvalue weighted by Crippen LogP contribution is -2.02. The van der Waals surface area contributed by atoms with Gasteiger partial charge in [0.05, 0.1) is 6.61 Å². The highest BCUT2D eigenvalue weighted by molar-refractivity contribution is 7.80. The Morgan fingerprint density at radius 1 is 1.88 bits per heavy atom. The van der Waals surface area contributed by atoms with Crippen molar-refractivity contribution in [1.82, 2.24) is 0 Å². The van der Waals surface area contributed by atoms with E-state index in [0.717, 1.165) is 24.5 Å². The second-order valence-corrected chi connectivity index (χ2v) is 2.46. The highest BCUT2D eigenvalue weighted by Gasteiger charge is 2.19. The summed E-state index contributed by atoms with van der Waals surface area (Å²) < 4.78 is 5.09. The zero-order chi connectivity index (χ0) is 5.98. The topological polar surface area (TPSA) is 9.23 Å². The van der Waals surface area contributed by atoms with Crippen LogP contribution in [-0.2, 0) is 4.74 Å². The first-order valence-corrected chi connectivity index (χ1v) is 3.42. The maximum absolute atomic E-state index is 5.09. The molecular weight excluding hydrogens is 120 g/mol. The van der Waals surface area contributed by atoms with Gasteiger partial charge in [-0.3, -0.25) is 0 Å². The number of hydrogen-bond acceptors (Lipinski definition) is 2. The van der Waals surface area contributed by atoms with Gasteiger partial charge in [0.15, 0.2) is 5.05 Å². The lowest BCUT2D eigenvalue weighted by Gasteiger charge is -1.99. The highest BCUT2D eigenvalue weighted by Crippen LogP contribution is 2.18. The first-order chi connectivity index (χ1) is 3.84. The van der Waals surface area contributed by atoms with Crippen LogP contribution in [-0.4, -0.2) is 11.7 Å². The Hall–Kier alpha value is -0.110. The van der Waals surface area contributed by atoms with E-state index in [1.54, 1.807) is 0 Å². The van der Waals surface area contributed by atoms with Gasteiger partial charge in [-0.2, -0.15) is 0 Å². The zero-order valence-electron chi connectivity index (χ0n) is 5.02. The van der Waals surface area contributed by atoms with Gasteiger partial charge in [-0.25, -0.2) is 0 Å². The van der Waals surface area contributed by atoms with Crippen LogP contribution in [0.15, 0.2) is 0 Å². The van der Waals surface area contributed by atoms with Crippen molar-refractivity contribution in [2.45, 2.75) is 19.8 Å². The molecule has 46 valence electrons. The number of rotatable bonds is 1. The lowest BCUT2D eigenvalue weighted by molar-refractivity contribution is 0.351. The van der Waals surface area contributed by atoms with E-state index in [2.05, 4.69) is 6.92 Å². The van der Waals surface area contributed by atoms with Crippen molar-refractivity contribution < 1.29 is 4.74 Å². The van der Waals surface area contributed by atoms with Crippen LogP contribution in [0.3, 0.4) is 0 Å². The Balaban J connectivity index is 2.42. The first-order valence-electron chi connectivity index (χ1n) is 3.01. The van der Waals surface area contributed by atoms with Crippen molar-refractivity contribution in [1.29, 1.82) is 0 Å². The van der Waals surface area contributed by atoms with Gasteiger partial charge in [-0.05, 0) is 25.1 Å². The predicted octanol–water partition coefficient (Wildman–Crippen LogP) is 1.76. The quantitative estimate of drug-likeness (QED) is 0.500. The molecular formula is C6H10OS. The summed E-state index contributed by atoms with van der Waals surface area (Å²) in [6, 6.07) is 0. The molecule has 1 aliphatic heterocycles. The molecule has 0 amide bonds. The standard InChI is InChI=1S/C6H10OS/c1-2-5-3-4-7-6(5)8/h5H,2-4H2,1H3. The molecule has 0 N–H and O–H groups in total. The Morgan fingerprint density at radius 2 is 2.62 bits per heavy atom. The van der Waals surface area contributed by atoms with E-state index in [-0.39, 0.29) is 0 Å². The van der Waals surface area contributed by atoms with Gasteiger partial charge >= 0.3 is 0 Å². The van der Waals surface area contributed by atoms with Crippen molar-refractivity contribution in [3.8, 4) is 0 Å². The van der Waals surface area contributed by atoms with E-state index in [4.69, 9.17) is 17.0 Å². The average molecular weight is 130 g/mol. The van der Waals surface area contributed by atoms with Crippen molar-refractivity contribution >= 4 is 17.3 Å². The molecule has 0 aliphatic carbocycles. The number of ether oxygens (including phenoxy) is 1. The molecule has 1 nitrogen and oxygen atoms in total. The molecule has 2 heteroatoms. The number of thiocarbonyl (C=S) groups is 1. The van der Waals surface area contributed by atoms with E-state index >= 15 is 0 Å². The summed E-state index contributed by atoms with van der Waals surface area (Å²) in [6.07, 6.45) is 2.27. The van der Waals surface area contributed by atoms with Crippen molar-refractivity contribution in [3.05, 3.63) is 0 Å². The van der Waals surface area contributed by atoms with Gasteiger partial charge in [0.25, 0.3) is 0 Å². The van der Waals surface area contributed by atoms with Gasteiger partial charge in [0.2, 0.25) is 0 Å². The minimum absolute atomic E-state index is 0.574. The third kappa shape index (κ3) is 0.996. The molecule has 1 rings (SSSR count). The molecule has 0 aromatic heterocycles. The second kappa shape index (κ2) is 2.44. The smallest absolute Gasteiger partial charge is 0.162 e. The Labute approximate surface area is 55.0 Å². The zero-order valence-corrected chi connectivity index (χ0v) is 5.83. The van der Waals surface area contributed by atoms with Crippen LogP contribution < -0.4 is 0 Å². The minimum Gasteiger partial charge on any atom is -0.487 e. The fourth-order valence-electron chi connectivity index (χ4n) is 0.908. The fourth-order valence-corrected chi connectivity index (χ4v) is 1.28. The van der Waals surface area contributed by atoms with Crippen molar-refractivity contribution in [3.63, 3.8) is 0 Å². The second-order valence-electron chi connectivity index (χ2n) is 2.06. The molecule has 1 saturated heterocycles. The van der Waals surface area contributed by atoms with Gasteiger partial charge in [0.1, 0.15) is 0 Å². The third-order valence-corrected chi connectivity index (χ3v) is 1.99. The fraction of sp³-hybridized carbons (Fsp3) is 0.833. The molecule has 0 aromatic carbocycles. The summed E-state index contributed by atoms with van der Waals surface area (Å²) in [7, 11) is 0. The van der Waals surface area contributed by atoms with Crippen LogP contribution in [0, 0.1) is 5.92 Å². The Kier molecular flexibility index (Phi) is 1.84. The molecule has 0 spiro atoms. The first kappa shape index (κ1) is 6.02. The normalized spacial score (nSPS) is 28.1. The van der Waals surface area contributed by atoms with E-state index in [1.807, 2.05) is 0 Å². The molecule has 8 heavy (non-hydrogen) atoms. The SMILES string of the molecule is CCC1CCOC1=S. The summed E-state index contributed by atoms with van der Waals surface area (Å²) in [5.41, 5.74) is 0. The van der Waals surface area contributed by atoms with Crippen LogP contribution in [0.2, 0.25) is 0 Å².